The van der Waals surface area contributed by atoms with Gasteiger partial charge in [-0.1, -0.05) is 12.5 Å². The molecule has 6 aliphatic carbocycles. The van der Waals surface area contributed by atoms with Crippen molar-refractivity contribution in [2.75, 3.05) is 0 Å². The van der Waals surface area contributed by atoms with E-state index < -0.39 is 0 Å². The maximum Gasteiger partial charge on any atom is 0.306 e. The van der Waals surface area contributed by atoms with Gasteiger partial charge < -0.3 is 4.74 Å². The number of allylic oxidation sites excluding steroid dienone is 1. The van der Waals surface area contributed by atoms with Gasteiger partial charge in [0.1, 0.15) is 5.60 Å². The van der Waals surface area contributed by atoms with Gasteiger partial charge in [-0.05, 0) is 86.0 Å². The maximum absolute atomic E-state index is 12.1. The van der Waals surface area contributed by atoms with Gasteiger partial charge in [0.05, 0.1) is 0 Å². The number of fused-ring (bicyclic) bond motifs is 12. The van der Waals surface area contributed by atoms with Gasteiger partial charge in [-0.15, -0.1) is 0 Å². The predicted octanol–water partition coefficient (Wildman–Crippen LogP) is 3.92. The molecule has 1 spiro atoms. The molecule has 1 aliphatic heterocycles. The third-order valence-electron chi connectivity index (χ3n) is 10.2. The summed E-state index contributed by atoms with van der Waals surface area (Å²) in [5, 5.41) is 0. The summed E-state index contributed by atoms with van der Waals surface area (Å²) in [5.74, 6) is 6.54. The highest BCUT2D eigenvalue weighted by Crippen LogP contribution is 2.81. The van der Waals surface area contributed by atoms with Gasteiger partial charge in [-0.2, -0.15) is 0 Å². The average Bonchev–Trinajstić information content (AvgIpc) is 3.51. The molecule has 3 heteroatoms. The molecule has 0 radical (unpaired) electrons. The normalized spacial score (nSPS) is 61.0. The SMILES string of the molecule is C[C@]12CCC3C4CCC(=O)C=C4C4CC4C3C1C1CC1[C@@]21CCC(=O)O1. The van der Waals surface area contributed by atoms with Crippen LogP contribution >= 0.6 is 0 Å². The van der Waals surface area contributed by atoms with Crippen LogP contribution in [0.5, 0.6) is 0 Å². The molecule has 10 atom stereocenters. The van der Waals surface area contributed by atoms with Gasteiger partial charge in [0.2, 0.25) is 0 Å². The Morgan fingerprint density at radius 2 is 1.88 bits per heavy atom. The number of esters is 1. The van der Waals surface area contributed by atoms with Crippen LogP contribution in [0.4, 0.5) is 0 Å². The molecule has 7 rings (SSSR count). The van der Waals surface area contributed by atoms with Crippen molar-refractivity contribution in [2.24, 2.45) is 52.8 Å². The first-order valence-corrected chi connectivity index (χ1v) is 11.0. The van der Waals surface area contributed by atoms with Crippen molar-refractivity contribution in [3.63, 3.8) is 0 Å². The van der Waals surface area contributed by atoms with E-state index in [1.54, 1.807) is 5.57 Å². The molecule has 3 nitrogen and oxygen atoms in total. The van der Waals surface area contributed by atoms with Crippen LogP contribution in [0.1, 0.15) is 58.3 Å². The van der Waals surface area contributed by atoms with E-state index in [1.807, 2.05) is 0 Å². The highest BCUT2D eigenvalue weighted by molar-refractivity contribution is 5.91. The minimum absolute atomic E-state index is 0.0589. The standard InChI is InChI=1S/C23H28O3/c1-22-6-4-13-12-3-2-11(24)8-14(12)15-9-16(15)20(13)21(22)17-10-18(17)23(22)7-5-19(25)26-23/h8,12-13,15-18,20-21H,2-7,9-10H2,1H3/t12?,13?,15?,16?,17?,18?,20?,21?,22-,23-/m0/s1. The predicted molar refractivity (Wildman–Crippen MR) is 94.9 cm³/mol. The summed E-state index contributed by atoms with van der Waals surface area (Å²) in [6, 6.07) is 0. The molecule has 0 aromatic rings. The number of ether oxygens (including phenoxy) is 1. The van der Waals surface area contributed by atoms with Gasteiger partial charge in [0.15, 0.2) is 5.78 Å². The lowest BCUT2D eigenvalue weighted by Gasteiger charge is -2.57. The molecule has 1 heterocycles. The molecule has 0 aromatic heterocycles. The van der Waals surface area contributed by atoms with Crippen LogP contribution in [0.3, 0.4) is 0 Å². The van der Waals surface area contributed by atoms with Gasteiger partial charge in [-0.25, -0.2) is 0 Å². The summed E-state index contributed by atoms with van der Waals surface area (Å²) >= 11 is 0. The van der Waals surface area contributed by atoms with Gasteiger partial charge in [0, 0.05) is 24.2 Å². The Hall–Kier alpha value is -1.12. The van der Waals surface area contributed by atoms with Crippen molar-refractivity contribution in [1.82, 2.24) is 0 Å². The van der Waals surface area contributed by atoms with Crippen molar-refractivity contribution in [3.8, 4) is 0 Å². The summed E-state index contributed by atoms with van der Waals surface area (Å²) in [6.07, 6.45) is 10.7. The van der Waals surface area contributed by atoms with E-state index in [4.69, 9.17) is 4.74 Å². The van der Waals surface area contributed by atoms with Crippen LogP contribution in [0, 0.1) is 52.8 Å². The fourth-order valence-electron chi connectivity index (χ4n) is 9.35. The van der Waals surface area contributed by atoms with Crippen LogP contribution in [0.2, 0.25) is 0 Å². The number of carbonyl (C=O) groups excluding carboxylic acids is 2. The Labute approximate surface area is 154 Å². The number of carbonyl (C=O) groups is 2. The summed E-state index contributed by atoms with van der Waals surface area (Å²) < 4.78 is 6.19. The molecule has 26 heavy (non-hydrogen) atoms. The van der Waals surface area contributed by atoms with E-state index in [9.17, 15) is 9.59 Å². The highest BCUT2D eigenvalue weighted by Gasteiger charge is 2.80. The lowest BCUT2D eigenvalue weighted by atomic mass is 9.49. The molecule has 1 saturated heterocycles. The molecule has 0 aromatic carbocycles. The van der Waals surface area contributed by atoms with Gasteiger partial charge in [0.25, 0.3) is 0 Å². The van der Waals surface area contributed by atoms with Crippen LogP contribution in [0.25, 0.3) is 0 Å². The fourth-order valence-corrected chi connectivity index (χ4v) is 9.35. The number of hydrogen-bond acceptors (Lipinski definition) is 3. The average molecular weight is 352 g/mol. The smallest absolute Gasteiger partial charge is 0.306 e. The molecular formula is C23H28O3. The van der Waals surface area contributed by atoms with Crippen molar-refractivity contribution in [2.45, 2.75) is 63.9 Å². The summed E-state index contributed by atoms with van der Waals surface area (Å²) in [4.78, 5) is 24.1. The zero-order valence-corrected chi connectivity index (χ0v) is 15.6. The third kappa shape index (κ3) is 1.49. The second-order valence-electron chi connectivity index (χ2n) is 10.9. The Kier molecular flexibility index (Phi) is 2.46. The quantitative estimate of drug-likeness (QED) is 0.621. The first kappa shape index (κ1) is 14.9. The maximum atomic E-state index is 12.1. The van der Waals surface area contributed by atoms with Crippen molar-refractivity contribution >= 4 is 11.8 Å². The lowest BCUT2D eigenvalue weighted by Crippen LogP contribution is -2.55. The molecule has 0 N–H and O–H groups in total. The van der Waals surface area contributed by atoms with E-state index in [0.29, 0.717) is 30.0 Å². The minimum atomic E-state index is -0.118. The first-order valence-electron chi connectivity index (χ1n) is 11.0. The van der Waals surface area contributed by atoms with E-state index >= 15 is 0 Å². The number of hydrogen-bond donors (Lipinski definition) is 0. The van der Waals surface area contributed by atoms with Crippen molar-refractivity contribution in [3.05, 3.63) is 11.6 Å². The number of rotatable bonds is 0. The Bertz CT molecular complexity index is 782. The molecular weight excluding hydrogens is 324 g/mol. The monoisotopic (exact) mass is 352 g/mol. The highest BCUT2D eigenvalue weighted by atomic mass is 16.6. The van der Waals surface area contributed by atoms with Gasteiger partial charge in [-0.3, -0.25) is 9.59 Å². The third-order valence-corrected chi connectivity index (χ3v) is 10.2. The lowest BCUT2D eigenvalue weighted by molar-refractivity contribution is -0.174. The van der Waals surface area contributed by atoms with Gasteiger partial charge >= 0.3 is 5.97 Å². The Morgan fingerprint density at radius 1 is 1.00 bits per heavy atom. The Morgan fingerprint density at radius 3 is 2.69 bits per heavy atom. The molecule has 8 unspecified atom stereocenters. The largest absolute Gasteiger partial charge is 0.458 e. The topological polar surface area (TPSA) is 43.4 Å². The molecule has 6 fully saturated rings. The molecule has 7 aliphatic rings. The van der Waals surface area contributed by atoms with Crippen LogP contribution in [0.15, 0.2) is 11.6 Å². The first-order chi connectivity index (χ1) is 12.5. The zero-order valence-electron chi connectivity index (χ0n) is 15.6. The minimum Gasteiger partial charge on any atom is -0.458 e. The summed E-state index contributed by atoms with van der Waals surface area (Å²) in [7, 11) is 0. The molecule has 0 bridgehead atoms. The van der Waals surface area contributed by atoms with E-state index in [1.165, 1.54) is 25.7 Å². The van der Waals surface area contributed by atoms with E-state index in [2.05, 4.69) is 13.0 Å². The van der Waals surface area contributed by atoms with Crippen molar-refractivity contribution in [1.29, 1.82) is 0 Å². The second-order valence-corrected chi connectivity index (χ2v) is 10.9. The number of ketones is 1. The van der Waals surface area contributed by atoms with Crippen LogP contribution in [-0.4, -0.2) is 17.4 Å². The molecule has 5 saturated carbocycles. The van der Waals surface area contributed by atoms with Crippen LogP contribution < -0.4 is 0 Å². The van der Waals surface area contributed by atoms with E-state index in [-0.39, 0.29) is 17.0 Å². The summed E-state index contributed by atoms with van der Waals surface area (Å²) in [6.45, 7) is 2.49. The summed E-state index contributed by atoms with van der Waals surface area (Å²) in [5.41, 5.74) is 1.64. The molecule has 0 amide bonds. The van der Waals surface area contributed by atoms with Crippen molar-refractivity contribution < 1.29 is 14.3 Å². The fraction of sp³-hybridized carbons (Fsp3) is 0.826. The van der Waals surface area contributed by atoms with Crippen LogP contribution in [-0.2, 0) is 14.3 Å². The second kappa shape index (κ2) is 4.31. The van der Waals surface area contributed by atoms with E-state index in [0.717, 1.165) is 48.9 Å². The molecule has 138 valence electrons. The Balaban J connectivity index is 1.31. The zero-order chi connectivity index (χ0) is 17.4.